The van der Waals surface area contributed by atoms with E-state index < -0.39 is 23.1 Å². The number of methoxy groups -OCH3 is 1. The second-order valence-corrected chi connectivity index (χ2v) is 6.26. The molecule has 1 aromatic heterocycles. The zero-order valence-corrected chi connectivity index (χ0v) is 16.1. The highest BCUT2D eigenvalue weighted by molar-refractivity contribution is 6.32. The Bertz CT molecular complexity index is 1170. The van der Waals surface area contributed by atoms with E-state index in [-0.39, 0.29) is 45.4 Å². The van der Waals surface area contributed by atoms with Crippen LogP contribution in [-0.2, 0) is 4.74 Å². The highest BCUT2D eigenvalue weighted by atomic mass is 35.5. The number of amides is 1. The van der Waals surface area contributed by atoms with E-state index in [1.54, 1.807) is 6.92 Å². The number of hydrogen-bond acceptors (Lipinski definition) is 6. The van der Waals surface area contributed by atoms with Gasteiger partial charge in [0.1, 0.15) is 11.6 Å². The van der Waals surface area contributed by atoms with Crippen molar-refractivity contribution in [2.24, 2.45) is 0 Å². The second-order valence-electron chi connectivity index (χ2n) is 5.83. The molecule has 3 aromatic rings. The molecule has 3 rings (SSSR count). The van der Waals surface area contributed by atoms with Gasteiger partial charge in [-0.05, 0) is 31.2 Å². The molecule has 7 nitrogen and oxygen atoms in total. The van der Waals surface area contributed by atoms with Gasteiger partial charge in [0.15, 0.2) is 11.0 Å². The summed E-state index contributed by atoms with van der Waals surface area (Å²) in [5.74, 6) is -2.53. The Morgan fingerprint density at radius 1 is 1.21 bits per heavy atom. The van der Waals surface area contributed by atoms with Crippen LogP contribution in [0.5, 0.6) is 5.75 Å². The molecule has 0 saturated carbocycles. The first-order valence-electron chi connectivity index (χ1n) is 8.43. The van der Waals surface area contributed by atoms with Crippen molar-refractivity contribution in [1.29, 1.82) is 0 Å². The van der Waals surface area contributed by atoms with E-state index in [1.165, 1.54) is 31.4 Å². The van der Waals surface area contributed by atoms with E-state index in [0.29, 0.717) is 0 Å². The van der Waals surface area contributed by atoms with Crippen LogP contribution in [0.3, 0.4) is 0 Å². The molecule has 29 heavy (non-hydrogen) atoms. The van der Waals surface area contributed by atoms with Gasteiger partial charge in [0.25, 0.3) is 5.91 Å². The molecule has 9 heteroatoms. The summed E-state index contributed by atoms with van der Waals surface area (Å²) in [6.07, 6.45) is 0. The van der Waals surface area contributed by atoms with Crippen molar-refractivity contribution in [3.8, 4) is 5.75 Å². The van der Waals surface area contributed by atoms with Crippen molar-refractivity contribution >= 4 is 40.1 Å². The molecule has 0 radical (unpaired) electrons. The van der Waals surface area contributed by atoms with E-state index in [2.05, 4.69) is 5.32 Å². The van der Waals surface area contributed by atoms with Gasteiger partial charge in [0.05, 0.1) is 30.4 Å². The van der Waals surface area contributed by atoms with Crippen LogP contribution in [0.1, 0.15) is 27.8 Å². The Morgan fingerprint density at radius 3 is 2.62 bits per heavy atom. The molecule has 0 aliphatic rings. The molecule has 150 valence electrons. The maximum atomic E-state index is 14.2. The van der Waals surface area contributed by atoms with Crippen molar-refractivity contribution in [3.63, 3.8) is 0 Å². The molecule has 1 N–H and O–H groups in total. The number of benzene rings is 2. The average Bonchev–Trinajstić information content (AvgIpc) is 2.68. The third-order valence-electron chi connectivity index (χ3n) is 3.94. The van der Waals surface area contributed by atoms with E-state index >= 15 is 0 Å². The van der Waals surface area contributed by atoms with Crippen molar-refractivity contribution in [1.82, 2.24) is 0 Å². The minimum atomic E-state index is -0.833. The van der Waals surface area contributed by atoms with E-state index in [9.17, 15) is 18.8 Å². The molecule has 0 aliphatic heterocycles. The first kappa shape index (κ1) is 20.3. The van der Waals surface area contributed by atoms with Gasteiger partial charge in [0.2, 0.25) is 5.76 Å². The van der Waals surface area contributed by atoms with E-state index in [0.717, 1.165) is 12.1 Å². The number of halogens is 2. The van der Waals surface area contributed by atoms with Crippen LogP contribution in [0, 0.1) is 5.82 Å². The van der Waals surface area contributed by atoms with Gasteiger partial charge < -0.3 is 19.2 Å². The Balaban J connectivity index is 2.07. The summed E-state index contributed by atoms with van der Waals surface area (Å²) in [5.41, 5.74) is -0.908. The maximum Gasteiger partial charge on any atom is 0.374 e. The van der Waals surface area contributed by atoms with Gasteiger partial charge in [0, 0.05) is 17.2 Å². The lowest BCUT2D eigenvalue weighted by molar-refractivity contribution is 0.0490. The summed E-state index contributed by atoms with van der Waals surface area (Å²) in [6.45, 7) is 1.69. The van der Waals surface area contributed by atoms with Crippen molar-refractivity contribution < 1.29 is 27.9 Å². The normalized spacial score (nSPS) is 10.6. The fourth-order valence-electron chi connectivity index (χ4n) is 2.62. The minimum absolute atomic E-state index is 0.00373. The fourth-order valence-corrected chi connectivity index (χ4v) is 2.83. The zero-order valence-electron chi connectivity index (χ0n) is 15.4. The monoisotopic (exact) mass is 419 g/mol. The Kier molecular flexibility index (Phi) is 5.84. The third-order valence-corrected chi connectivity index (χ3v) is 4.16. The van der Waals surface area contributed by atoms with Gasteiger partial charge in [-0.3, -0.25) is 9.59 Å². The number of carbonyl (C=O) groups is 2. The van der Waals surface area contributed by atoms with Crippen LogP contribution in [0.15, 0.2) is 45.6 Å². The number of nitrogens with one attached hydrogen (secondary N) is 1. The lowest BCUT2D eigenvalue weighted by atomic mass is 10.1. The highest BCUT2D eigenvalue weighted by Crippen LogP contribution is 2.28. The molecule has 0 saturated heterocycles. The molecule has 0 fully saturated rings. The largest absolute Gasteiger partial charge is 0.497 e. The maximum absolute atomic E-state index is 14.2. The summed E-state index contributed by atoms with van der Waals surface area (Å²) in [5, 5.41) is 2.63. The Hall–Kier alpha value is -3.39. The number of anilines is 1. The lowest BCUT2D eigenvalue weighted by Gasteiger charge is -2.11. The number of fused-ring (bicyclic) bond motifs is 1. The predicted molar refractivity (Wildman–Crippen MR) is 104 cm³/mol. The molecule has 1 heterocycles. The molecule has 0 atom stereocenters. The molecular weight excluding hydrogens is 405 g/mol. The van der Waals surface area contributed by atoms with Crippen molar-refractivity contribution in [3.05, 3.63) is 68.8 Å². The number of rotatable bonds is 5. The topological polar surface area (TPSA) is 94.8 Å². The molecule has 0 bridgehead atoms. The van der Waals surface area contributed by atoms with Crippen LogP contribution in [0.4, 0.5) is 10.1 Å². The summed E-state index contributed by atoms with van der Waals surface area (Å²) in [4.78, 5) is 36.9. The van der Waals surface area contributed by atoms with Crippen LogP contribution >= 0.6 is 11.6 Å². The SMILES string of the molecule is CCOC(=O)c1cc(=O)c2cc(Cl)cc(NC(=O)c3ccc(OC)cc3F)c2o1. The van der Waals surface area contributed by atoms with E-state index in [4.69, 9.17) is 25.5 Å². The third kappa shape index (κ3) is 4.22. The van der Waals surface area contributed by atoms with Gasteiger partial charge in [-0.15, -0.1) is 0 Å². The first-order valence-corrected chi connectivity index (χ1v) is 8.81. The fraction of sp³-hybridized carbons (Fsp3) is 0.150. The Morgan fingerprint density at radius 2 is 1.97 bits per heavy atom. The van der Waals surface area contributed by atoms with Crippen LogP contribution < -0.4 is 15.5 Å². The van der Waals surface area contributed by atoms with Crippen molar-refractivity contribution in [2.75, 3.05) is 19.0 Å². The van der Waals surface area contributed by atoms with Gasteiger partial charge in [-0.2, -0.15) is 0 Å². The minimum Gasteiger partial charge on any atom is -0.497 e. The molecule has 0 aliphatic carbocycles. The van der Waals surface area contributed by atoms with Gasteiger partial charge >= 0.3 is 5.97 Å². The standard InChI is InChI=1S/C20H15ClFNO6/c1-3-28-20(26)17-9-16(24)13-6-10(21)7-15(18(13)29-17)23-19(25)12-5-4-11(27-2)8-14(12)22/h4-9H,3H2,1-2H3,(H,23,25). The summed E-state index contributed by atoms with van der Waals surface area (Å²) in [7, 11) is 1.37. The highest BCUT2D eigenvalue weighted by Gasteiger charge is 2.19. The summed E-state index contributed by atoms with van der Waals surface area (Å²) in [6, 6.07) is 7.36. The molecule has 0 spiro atoms. The average molecular weight is 420 g/mol. The van der Waals surface area contributed by atoms with Crippen LogP contribution in [0.25, 0.3) is 11.0 Å². The number of hydrogen-bond donors (Lipinski definition) is 1. The van der Waals surface area contributed by atoms with Gasteiger partial charge in [-0.25, -0.2) is 9.18 Å². The first-order chi connectivity index (χ1) is 13.8. The molecule has 2 aromatic carbocycles. The quantitative estimate of drug-likeness (QED) is 0.627. The van der Waals surface area contributed by atoms with E-state index in [1.807, 2.05) is 0 Å². The lowest BCUT2D eigenvalue weighted by Crippen LogP contribution is -2.15. The van der Waals surface area contributed by atoms with Gasteiger partial charge in [-0.1, -0.05) is 11.6 Å². The number of carbonyl (C=O) groups excluding carboxylic acids is 2. The van der Waals surface area contributed by atoms with Crippen molar-refractivity contribution in [2.45, 2.75) is 6.92 Å². The second kappa shape index (κ2) is 8.32. The summed E-state index contributed by atoms with van der Waals surface area (Å²) >= 11 is 6.03. The number of ether oxygens (including phenoxy) is 2. The van der Waals surface area contributed by atoms with Crippen LogP contribution in [0.2, 0.25) is 5.02 Å². The zero-order chi connectivity index (χ0) is 21.1. The molecule has 0 unspecified atom stereocenters. The Labute approximate surface area is 169 Å². The predicted octanol–water partition coefficient (Wildman–Crippen LogP) is 4.02. The molecule has 1 amide bonds. The summed E-state index contributed by atoms with van der Waals surface area (Å²) < 4.78 is 29.4. The van der Waals surface area contributed by atoms with Crippen LogP contribution in [-0.4, -0.2) is 25.6 Å². The number of esters is 1. The molecular formula is C20H15ClFNO6. The smallest absolute Gasteiger partial charge is 0.374 e.